The number of carbonyl (C=O) groups is 1. The SMILES string of the molecule is NC(=O)NCCCCCCCCCCCCCN=O. The summed E-state index contributed by atoms with van der Waals surface area (Å²) in [4.78, 5) is 20.3. The molecule has 0 aliphatic rings. The molecule has 0 aromatic rings. The van der Waals surface area contributed by atoms with Crippen LogP contribution in [-0.2, 0) is 0 Å². The Morgan fingerprint density at radius 2 is 1.21 bits per heavy atom. The molecule has 0 aliphatic heterocycles. The van der Waals surface area contributed by atoms with E-state index in [1.165, 1.54) is 51.4 Å². The van der Waals surface area contributed by atoms with E-state index >= 15 is 0 Å². The summed E-state index contributed by atoms with van der Waals surface area (Å²) < 4.78 is 0. The van der Waals surface area contributed by atoms with Gasteiger partial charge in [0.05, 0.1) is 6.54 Å². The lowest BCUT2D eigenvalue weighted by Crippen LogP contribution is -2.29. The highest BCUT2D eigenvalue weighted by atomic mass is 16.3. The Bertz CT molecular complexity index is 223. The molecule has 112 valence electrons. The van der Waals surface area contributed by atoms with E-state index in [0.29, 0.717) is 13.1 Å². The molecule has 5 heteroatoms. The van der Waals surface area contributed by atoms with E-state index in [9.17, 15) is 9.70 Å². The predicted octanol–water partition coefficient (Wildman–Crippen LogP) is 3.71. The van der Waals surface area contributed by atoms with Gasteiger partial charge in [-0.1, -0.05) is 63.0 Å². The van der Waals surface area contributed by atoms with Crippen LogP contribution >= 0.6 is 0 Å². The van der Waals surface area contributed by atoms with Crippen LogP contribution in [0.1, 0.15) is 70.6 Å². The molecular formula is C14H29N3O2. The van der Waals surface area contributed by atoms with Crippen molar-refractivity contribution >= 4 is 6.03 Å². The number of hydrogen-bond acceptors (Lipinski definition) is 3. The summed E-state index contributed by atoms with van der Waals surface area (Å²) in [5, 5.41) is 5.45. The second kappa shape index (κ2) is 14.9. The minimum absolute atomic E-state index is 0.427. The van der Waals surface area contributed by atoms with Crippen LogP contribution in [0.15, 0.2) is 5.18 Å². The zero-order valence-electron chi connectivity index (χ0n) is 12.0. The number of hydrogen-bond donors (Lipinski definition) is 2. The van der Waals surface area contributed by atoms with Crippen LogP contribution in [-0.4, -0.2) is 19.1 Å². The number of rotatable bonds is 14. The average molecular weight is 271 g/mol. The van der Waals surface area contributed by atoms with Crippen molar-refractivity contribution in [3.05, 3.63) is 4.91 Å². The summed E-state index contributed by atoms with van der Waals surface area (Å²) in [6, 6.07) is -0.427. The highest BCUT2D eigenvalue weighted by Gasteiger charge is 1.94. The number of nitrogens with zero attached hydrogens (tertiary/aromatic N) is 1. The Hall–Kier alpha value is -1.13. The van der Waals surface area contributed by atoms with Crippen molar-refractivity contribution in [3.63, 3.8) is 0 Å². The van der Waals surface area contributed by atoms with Gasteiger partial charge >= 0.3 is 6.03 Å². The van der Waals surface area contributed by atoms with Crippen molar-refractivity contribution < 1.29 is 4.79 Å². The third-order valence-electron chi connectivity index (χ3n) is 3.23. The summed E-state index contributed by atoms with van der Waals surface area (Å²) in [6.07, 6.45) is 13.2. The van der Waals surface area contributed by atoms with Crippen LogP contribution in [0.5, 0.6) is 0 Å². The highest BCUT2D eigenvalue weighted by molar-refractivity contribution is 5.71. The number of nitrogens with one attached hydrogen (secondary N) is 1. The van der Waals surface area contributed by atoms with Gasteiger partial charge in [0.2, 0.25) is 0 Å². The molecule has 0 spiro atoms. The molecule has 0 aromatic carbocycles. The standard InChI is InChI=1S/C14H29N3O2/c15-14(18)16-12-10-8-6-4-2-1-3-5-7-9-11-13-17-19/h1-13H2,(H3,15,16,18). The van der Waals surface area contributed by atoms with Gasteiger partial charge in [0.15, 0.2) is 0 Å². The zero-order valence-corrected chi connectivity index (χ0v) is 12.0. The Labute approximate surface area is 116 Å². The lowest BCUT2D eigenvalue weighted by molar-refractivity contribution is 0.248. The first-order valence-electron chi connectivity index (χ1n) is 7.60. The second-order valence-electron chi connectivity index (χ2n) is 5.03. The van der Waals surface area contributed by atoms with E-state index in [2.05, 4.69) is 10.5 Å². The number of amides is 2. The van der Waals surface area contributed by atoms with E-state index in [1.807, 2.05) is 0 Å². The Kier molecular flexibility index (Phi) is 14.0. The maximum atomic E-state index is 10.4. The molecule has 0 rings (SSSR count). The van der Waals surface area contributed by atoms with Crippen LogP contribution in [0.25, 0.3) is 0 Å². The molecule has 0 unspecified atom stereocenters. The van der Waals surface area contributed by atoms with Crippen molar-refractivity contribution in [1.29, 1.82) is 0 Å². The average Bonchev–Trinajstić information content (AvgIpc) is 2.39. The number of unbranched alkanes of at least 4 members (excludes halogenated alkanes) is 10. The van der Waals surface area contributed by atoms with Gasteiger partial charge in [-0.3, -0.25) is 0 Å². The van der Waals surface area contributed by atoms with E-state index in [4.69, 9.17) is 5.73 Å². The van der Waals surface area contributed by atoms with E-state index in [-0.39, 0.29) is 0 Å². The largest absolute Gasteiger partial charge is 0.352 e. The number of nitroso groups, excluding NO2 is 1. The van der Waals surface area contributed by atoms with Crippen LogP contribution in [0.3, 0.4) is 0 Å². The van der Waals surface area contributed by atoms with Gasteiger partial charge in [-0.25, -0.2) is 4.79 Å². The smallest absolute Gasteiger partial charge is 0.312 e. The number of carbonyl (C=O) groups excluding carboxylic acids is 1. The summed E-state index contributed by atoms with van der Waals surface area (Å²) >= 11 is 0. The van der Waals surface area contributed by atoms with Crippen molar-refractivity contribution in [2.24, 2.45) is 10.9 Å². The molecule has 3 N–H and O–H groups in total. The normalized spacial score (nSPS) is 10.3. The molecule has 0 aromatic heterocycles. The summed E-state index contributed by atoms with van der Waals surface area (Å²) in [5.74, 6) is 0. The van der Waals surface area contributed by atoms with E-state index in [0.717, 1.165) is 19.3 Å². The lowest BCUT2D eigenvalue weighted by atomic mass is 10.1. The maximum Gasteiger partial charge on any atom is 0.312 e. The second-order valence-corrected chi connectivity index (χ2v) is 5.03. The van der Waals surface area contributed by atoms with Crippen LogP contribution in [0, 0.1) is 4.91 Å². The fourth-order valence-electron chi connectivity index (χ4n) is 2.10. The first-order valence-corrected chi connectivity index (χ1v) is 7.60. The Morgan fingerprint density at radius 1 is 0.789 bits per heavy atom. The number of urea groups is 1. The van der Waals surface area contributed by atoms with Gasteiger partial charge in [0, 0.05) is 6.54 Å². The third-order valence-corrected chi connectivity index (χ3v) is 3.23. The quantitative estimate of drug-likeness (QED) is 0.373. The first-order chi connectivity index (χ1) is 9.27. The molecule has 5 nitrogen and oxygen atoms in total. The first kappa shape index (κ1) is 17.9. The van der Waals surface area contributed by atoms with Crippen molar-refractivity contribution in [2.45, 2.75) is 70.6 Å². The van der Waals surface area contributed by atoms with Crippen molar-refractivity contribution in [2.75, 3.05) is 13.1 Å². The molecule has 0 radical (unpaired) electrons. The maximum absolute atomic E-state index is 10.4. The molecule has 0 saturated heterocycles. The van der Waals surface area contributed by atoms with Gasteiger partial charge in [0.1, 0.15) is 0 Å². The van der Waals surface area contributed by atoms with E-state index in [1.54, 1.807) is 0 Å². The Balaban J connectivity index is 2.95. The molecule has 0 saturated carbocycles. The predicted molar refractivity (Wildman–Crippen MR) is 79.0 cm³/mol. The topological polar surface area (TPSA) is 84.6 Å². The zero-order chi connectivity index (χ0) is 14.2. The fraction of sp³-hybridized carbons (Fsp3) is 0.929. The molecule has 0 atom stereocenters. The minimum atomic E-state index is -0.427. The third kappa shape index (κ3) is 16.9. The van der Waals surface area contributed by atoms with Gasteiger partial charge in [0.25, 0.3) is 0 Å². The van der Waals surface area contributed by atoms with Crippen LogP contribution in [0.4, 0.5) is 4.79 Å². The molecule has 0 bridgehead atoms. The molecule has 19 heavy (non-hydrogen) atoms. The van der Waals surface area contributed by atoms with Gasteiger partial charge in [-0.2, -0.15) is 4.91 Å². The van der Waals surface area contributed by atoms with Gasteiger partial charge in [-0.05, 0) is 12.8 Å². The monoisotopic (exact) mass is 271 g/mol. The fourth-order valence-corrected chi connectivity index (χ4v) is 2.10. The summed E-state index contributed by atoms with van der Waals surface area (Å²) in [5.41, 5.74) is 4.97. The molecule has 0 aliphatic carbocycles. The summed E-state index contributed by atoms with van der Waals surface area (Å²) in [7, 11) is 0. The van der Waals surface area contributed by atoms with E-state index < -0.39 is 6.03 Å². The van der Waals surface area contributed by atoms with Crippen molar-refractivity contribution in [3.8, 4) is 0 Å². The number of primary amides is 1. The van der Waals surface area contributed by atoms with Gasteiger partial charge in [-0.15, -0.1) is 0 Å². The van der Waals surface area contributed by atoms with Gasteiger partial charge < -0.3 is 11.1 Å². The van der Waals surface area contributed by atoms with Crippen LogP contribution < -0.4 is 11.1 Å². The molecule has 0 heterocycles. The highest BCUT2D eigenvalue weighted by Crippen LogP contribution is 2.11. The number of nitrogens with two attached hydrogens (primary N) is 1. The molecule has 2 amide bonds. The van der Waals surface area contributed by atoms with Crippen molar-refractivity contribution in [1.82, 2.24) is 5.32 Å². The lowest BCUT2D eigenvalue weighted by Gasteiger charge is -2.03. The molecular weight excluding hydrogens is 242 g/mol. The minimum Gasteiger partial charge on any atom is -0.352 e. The Morgan fingerprint density at radius 3 is 1.63 bits per heavy atom. The molecule has 0 fully saturated rings. The van der Waals surface area contributed by atoms with Crippen LogP contribution in [0.2, 0.25) is 0 Å². The summed E-state index contributed by atoms with van der Waals surface area (Å²) in [6.45, 7) is 1.18.